The van der Waals surface area contributed by atoms with Crippen molar-refractivity contribution < 1.29 is 17.9 Å². The minimum Gasteiger partial charge on any atom is -0.482 e. The van der Waals surface area contributed by atoms with Gasteiger partial charge in [-0.15, -0.1) is 0 Å². The fourth-order valence-corrected chi connectivity index (χ4v) is 4.48. The highest BCUT2D eigenvalue weighted by molar-refractivity contribution is 7.89. The molecule has 2 aliphatic heterocycles. The molecule has 3 rings (SSSR count). The number of rotatable bonds is 3. The number of carbonyl (C=O) groups excluding carboxylic acids is 1. The van der Waals surface area contributed by atoms with Crippen molar-refractivity contribution in [3.05, 3.63) is 18.2 Å². The smallest absolute Gasteiger partial charge is 0.265 e. The molecule has 0 radical (unpaired) electrons. The topological polar surface area (TPSA) is 66.9 Å². The lowest BCUT2D eigenvalue weighted by Gasteiger charge is -2.30. The summed E-state index contributed by atoms with van der Waals surface area (Å²) in [7, 11) is -3.50. The van der Waals surface area contributed by atoms with E-state index in [1.807, 2.05) is 6.92 Å². The van der Waals surface area contributed by atoms with Crippen molar-refractivity contribution in [2.24, 2.45) is 0 Å². The van der Waals surface area contributed by atoms with E-state index in [1.165, 1.54) is 4.31 Å². The number of amides is 1. The van der Waals surface area contributed by atoms with Gasteiger partial charge in [-0.1, -0.05) is 6.42 Å². The Balaban J connectivity index is 1.99. The second kappa shape index (κ2) is 5.89. The zero-order valence-corrected chi connectivity index (χ0v) is 13.4. The lowest BCUT2D eigenvalue weighted by atomic mass is 10.2. The van der Waals surface area contributed by atoms with Gasteiger partial charge in [0.1, 0.15) is 5.75 Å². The number of anilines is 1. The molecule has 0 bridgehead atoms. The summed E-state index contributed by atoms with van der Waals surface area (Å²) in [5, 5.41) is 0. The third-order valence-corrected chi connectivity index (χ3v) is 6.04. The van der Waals surface area contributed by atoms with Crippen LogP contribution in [-0.4, -0.2) is 44.9 Å². The molecule has 0 saturated carbocycles. The van der Waals surface area contributed by atoms with Gasteiger partial charge < -0.3 is 9.64 Å². The number of piperidine rings is 1. The molecular formula is C15H20N2O4S. The average molecular weight is 324 g/mol. The van der Waals surface area contributed by atoms with Crippen LogP contribution in [0.4, 0.5) is 5.69 Å². The highest BCUT2D eigenvalue weighted by Gasteiger charge is 2.30. The Labute approximate surface area is 130 Å². The highest BCUT2D eigenvalue weighted by atomic mass is 32.2. The van der Waals surface area contributed by atoms with Crippen LogP contribution in [0.2, 0.25) is 0 Å². The van der Waals surface area contributed by atoms with Crippen molar-refractivity contribution in [1.82, 2.24) is 4.31 Å². The van der Waals surface area contributed by atoms with Gasteiger partial charge in [0.05, 0.1) is 10.6 Å². The van der Waals surface area contributed by atoms with E-state index in [1.54, 1.807) is 23.1 Å². The summed E-state index contributed by atoms with van der Waals surface area (Å²) in [6.07, 6.45) is 2.86. The minimum atomic E-state index is -3.50. The fourth-order valence-electron chi connectivity index (χ4n) is 2.94. The van der Waals surface area contributed by atoms with Crippen LogP contribution >= 0.6 is 0 Å². The van der Waals surface area contributed by atoms with Gasteiger partial charge in [-0.3, -0.25) is 4.79 Å². The van der Waals surface area contributed by atoms with Crippen LogP contribution in [0.5, 0.6) is 5.75 Å². The summed E-state index contributed by atoms with van der Waals surface area (Å²) < 4.78 is 32.4. The van der Waals surface area contributed by atoms with E-state index in [-0.39, 0.29) is 17.4 Å². The number of hydrogen-bond donors (Lipinski definition) is 0. The first-order valence-electron chi connectivity index (χ1n) is 7.61. The van der Waals surface area contributed by atoms with Crippen molar-refractivity contribution in [2.75, 3.05) is 31.1 Å². The summed E-state index contributed by atoms with van der Waals surface area (Å²) in [5.74, 6) is 0.404. The van der Waals surface area contributed by atoms with E-state index in [9.17, 15) is 13.2 Å². The molecule has 7 heteroatoms. The van der Waals surface area contributed by atoms with Gasteiger partial charge in [0.15, 0.2) is 6.61 Å². The van der Waals surface area contributed by atoms with E-state index in [0.717, 1.165) is 19.3 Å². The van der Waals surface area contributed by atoms with E-state index in [4.69, 9.17) is 4.74 Å². The number of ether oxygens (including phenoxy) is 1. The average Bonchev–Trinajstić information content (AvgIpc) is 2.55. The monoisotopic (exact) mass is 324 g/mol. The van der Waals surface area contributed by atoms with Gasteiger partial charge in [0, 0.05) is 19.6 Å². The van der Waals surface area contributed by atoms with Gasteiger partial charge in [0.2, 0.25) is 10.0 Å². The SMILES string of the molecule is CCN1C(=O)COc2ccc(S(=O)(=O)N3CCCCC3)cc21. The van der Waals surface area contributed by atoms with Gasteiger partial charge >= 0.3 is 0 Å². The van der Waals surface area contributed by atoms with Crippen LogP contribution in [0.1, 0.15) is 26.2 Å². The molecular weight excluding hydrogens is 304 g/mol. The molecule has 1 fully saturated rings. The second-order valence-corrected chi connectivity index (χ2v) is 7.46. The molecule has 0 atom stereocenters. The van der Waals surface area contributed by atoms with Crippen molar-refractivity contribution >= 4 is 21.6 Å². The maximum Gasteiger partial charge on any atom is 0.265 e. The maximum atomic E-state index is 12.7. The Hall–Kier alpha value is -1.60. The summed E-state index contributed by atoms with van der Waals surface area (Å²) in [5.41, 5.74) is 0.539. The Morgan fingerprint density at radius 2 is 1.91 bits per heavy atom. The van der Waals surface area contributed by atoms with Crippen molar-refractivity contribution in [3.63, 3.8) is 0 Å². The fraction of sp³-hybridized carbons (Fsp3) is 0.533. The van der Waals surface area contributed by atoms with Crippen molar-refractivity contribution in [1.29, 1.82) is 0 Å². The maximum absolute atomic E-state index is 12.7. The summed E-state index contributed by atoms with van der Waals surface area (Å²) in [4.78, 5) is 13.7. The number of likely N-dealkylation sites (N-methyl/N-ethyl adjacent to an activating group) is 1. The third kappa shape index (κ3) is 2.59. The first-order chi connectivity index (χ1) is 10.5. The molecule has 2 aliphatic rings. The lowest BCUT2D eigenvalue weighted by Crippen LogP contribution is -2.39. The number of sulfonamides is 1. The predicted octanol–water partition coefficient (Wildman–Crippen LogP) is 1.61. The predicted molar refractivity (Wildman–Crippen MR) is 82.6 cm³/mol. The summed E-state index contributed by atoms with van der Waals surface area (Å²) >= 11 is 0. The zero-order valence-electron chi connectivity index (χ0n) is 12.6. The molecule has 0 N–H and O–H groups in total. The molecule has 1 aromatic carbocycles. The first kappa shape index (κ1) is 15.3. The van der Waals surface area contributed by atoms with Crippen LogP contribution in [0, 0.1) is 0 Å². The Bertz CT molecular complexity index is 681. The standard InChI is InChI=1S/C15H20N2O4S/c1-2-17-13-10-12(6-7-14(13)21-11-15(17)18)22(19,20)16-8-4-3-5-9-16/h6-7,10H,2-5,8-9,11H2,1H3. The molecule has 0 aromatic heterocycles. The third-order valence-electron chi connectivity index (χ3n) is 4.14. The van der Waals surface area contributed by atoms with Gasteiger partial charge in [0.25, 0.3) is 5.91 Å². The quantitative estimate of drug-likeness (QED) is 0.847. The van der Waals surface area contributed by atoms with Crippen LogP contribution in [0.25, 0.3) is 0 Å². The van der Waals surface area contributed by atoms with Crippen LogP contribution in [-0.2, 0) is 14.8 Å². The molecule has 2 heterocycles. The number of nitrogens with zero attached hydrogens (tertiary/aromatic N) is 2. The zero-order chi connectivity index (χ0) is 15.7. The summed E-state index contributed by atoms with van der Waals surface area (Å²) in [6, 6.07) is 4.76. The molecule has 6 nitrogen and oxygen atoms in total. The van der Waals surface area contributed by atoms with E-state index in [2.05, 4.69) is 0 Å². The van der Waals surface area contributed by atoms with E-state index < -0.39 is 10.0 Å². The molecule has 0 spiro atoms. The molecule has 1 aromatic rings. The number of hydrogen-bond acceptors (Lipinski definition) is 4. The van der Waals surface area contributed by atoms with E-state index >= 15 is 0 Å². The Morgan fingerprint density at radius 1 is 1.18 bits per heavy atom. The molecule has 1 saturated heterocycles. The largest absolute Gasteiger partial charge is 0.482 e. The normalized spacial score (nSPS) is 19.7. The highest BCUT2D eigenvalue weighted by Crippen LogP contribution is 2.35. The summed E-state index contributed by atoms with van der Waals surface area (Å²) in [6.45, 7) is 3.47. The molecule has 120 valence electrons. The van der Waals surface area contributed by atoms with Crippen LogP contribution < -0.4 is 9.64 Å². The van der Waals surface area contributed by atoms with E-state index in [0.29, 0.717) is 31.1 Å². The molecule has 0 unspecified atom stereocenters. The second-order valence-electron chi connectivity index (χ2n) is 5.52. The number of carbonyl (C=O) groups is 1. The number of benzene rings is 1. The molecule has 1 amide bonds. The first-order valence-corrected chi connectivity index (χ1v) is 9.05. The van der Waals surface area contributed by atoms with Crippen molar-refractivity contribution in [3.8, 4) is 5.75 Å². The number of fused-ring (bicyclic) bond motifs is 1. The Morgan fingerprint density at radius 3 is 2.59 bits per heavy atom. The molecule has 0 aliphatic carbocycles. The van der Waals surface area contributed by atoms with Gasteiger partial charge in [-0.05, 0) is 38.0 Å². The van der Waals surface area contributed by atoms with Crippen molar-refractivity contribution in [2.45, 2.75) is 31.1 Å². The molecule has 22 heavy (non-hydrogen) atoms. The minimum absolute atomic E-state index is 0.000931. The van der Waals surface area contributed by atoms with Gasteiger partial charge in [-0.2, -0.15) is 4.31 Å². The van der Waals surface area contributed by atoms with Crippen LogP contribution in [0.3, 0.4) is 0 Å². The Kier molecular flexibility index (Phi) is 4.10. The lowest BCUT2D eigenvalue weighted by molar-refractivity contribution is -0.121. The van der Waals surface area contributed by atoms with Crippen LogP contribution in [0.15, 0.2) is 23.1 Å². The van der Waals surface area contributed by atoms with Gasteiger partial charge in [-0.25, -0.2) is 8.42 Å².